The topological polar surface area (TPSA) is 52.7 Å². The zero-order valence-corrected chi connectivity index (χ0v) is 14.4. The molecule has 1 aromatic rings. The number of carbonyl (C=O) groups is 2. The number of hydrogen-bond donors (Lipinski definition) is 1. The molecule has 3 amide bonds. The van der Waals surface area contributed by atoms with Crippen molar-refractivity contribution in [3.05, 3.63) is 34.9 Å². The highest BCUT2D eigenvalue weighted by atomic mass is 16.2. The highest BCUT2D eigenvalue weighted by Gasteiger charge is 2.23. The second-order valence-corrected chi connectivity index (χ2v) is 6.13. The summed E-state index contributed by atoms with van der Waals surface area (Å²) in [6.45, 7) is 9.20. The van der Waals surface area contributed by atoms with Crippen molar-refractivity contribution in [2.75, 3.05) is 32.7 Å². The van der Waals surface area contributed by atoms with E-state index in [1.807, 2.05) is 11.8 Å². The van der Waals surface area contributed by atoms with Crippen molar-refractivity contribution in [2.24, 2.45) is 0 Å². The maximum atomic E-state index is 12.4. The molecule has 0 spiro atoms. The average Bonchev–Trinajstić information content (AvgIpc) is 2.54. The van der Waals surface area contributed by atoms with Crippen LogP contribution in [0.5, 0.6) is 0 Å². The van der Waals surface area contributed by atoms with Crippen LogP contribution in [0.1, 0.15) is 30.0 Å². The van der Waals surface area contributed by atoms with Crippen LogP contribution in [-0.2, 0) is 11.2 Å². The van der Waals surface area contributed by atoms with Crippen LogP contribution < -0.4 is 5.32 Å². The molecule has 0 radical (unpaired) electrons. The molecule has 1 aromatic carbocycles. The number of piperazine rings is 1. The molecule has 1 N–H and O–H groups in total. The van der Waals surface area contributed by atoms with E-state index in [4.69, 9.17) is 0 Å². The van der Waals surface area contributed by atoms with E-state index in [0.717, 1.165) is 6.42 Å². The molecule has 126 valence electrons. The van der Waals surface area contributed by atoms with E-state index in [2.05, 4.69) is 37.4 Å². The number of benzene rings is 1. The number of nitrogens with zero attached hydrogens (tertiary/aromatic N) is 2. The largest absolute Gasteiger partial charge is 0.339 e. The fraction of sp³-hybridized carbons (Fsp3) is 0.556. The second-order valence-electron chi connectivity index (χ2n) is 6.13. The highest BCUT2D eigenvalue weighted by molar-refractivity contribution is 5.78. The van der Waals surface area contributed by atoms with E-state index in [-0.39, 0.29) is 11.9 Å². The lowest BCUT2D eigenvalue weighted by Crippen LogP contribution is -2.53. The third-order valence-corrected chi connectivity index (χ3v) is 4.35. The van der Waals surface area contributed by atoms with Crippen molar-refractivity contribution in [2.45, 2.75) is 33.6 Å². The predicted octanol–water partition coefficient (Wildman–Crippen LogP) is 2.11. The molecular formula is C18H27N3O2. The summed E-state index contributed by atoms with van der Waals surface area (Å²) in [5.74, 6) is 0.181. The van der Waals surface area contributed by atoms with Gasteiger partial charge in [0.1, 0.15) is 0 Å². The van der Waals surface area contributed by atoms with Gasteiger partial charge in [0.15, 0.2) is 0 Å². The second kappa shape index (κ2) is 7.99. The molecule has 1 fully saturated rings. The van der Waals surface area contributed by atoms with E-state index < -0.39 is 0 Å². The summed E-state index contributed by atoms with van der Waals surface area (Å²) in [6.07, 6.45) is 1.31. The van der Waals surface area contributed by atoms with Gasteiger partial charge in [0.05, 0.1) is 0 Å². The Morgan fingerprint density at radius 1 is 1.09 bits per heavy atom. The normalized spacial score (nSPS) is 14.7. The van der Waals surface area contributed by atoms with Gasteiger partial charge in [0, 0.05) is 39.1 Å². The number of hydrogen-bond acceptors (Lipinski definition) is 2. The zero-order chi connectivity index (χ0) is 16.8. The van der Waals surface area contributed by atoms with Gasteiger partial charge in [0.2, 0.25) is 5.91 Å². The van der Waals surface area contributed by atoms with Crippen LogP contribution in [0, 0.1) is 13.8 Å². The SMILES string of the molecule is CCNC(=O)N1CCN(C(=O)CCc2ccc(C)cc2C)CC1. The summed E-state index contributed by atoms with van der Waals surface area (Å²) in [5, 5.41) is 2.80. The molecule has 1 aliphatic rings. The van der Waals surface area contributed by atoms with Gasteiger partial charge < -0.3 is 15.1 Å². The first-order valence-corrected chi connectivity index (χ1v) is 8.38. The van der Waals surface area contributed by atoms with Crippen LogP contribution in [0.25, 0.3) is 0 Å². The van der Waals surface area contributed by atoms with Crippen LogP contribution >= 0.6 is 0 Å². The van der Waals surface area contributed by atoms with Gasteiger partial charge in [-0.3, -0.25) is 4.79 Å². The Balaban J connectivity index is 1.80. The quantitative estimate of drug-likeness (QED) is 0.925. The van der Waals surface area contributed by atoms with Crippen LogP contribution in [0.15, 0.2) is 18.2 Å². The molecule has 0 bridgehead atoms. The number of rotatable bonds is 4. The van der Waals surface area contributed by atoms with Gasteiger partial charge >= 0.3 is 6.03 Å². The number of amides is 3. The Morgan fingerprint density at radius 3 is 2.35 bits per heavy atom. The Morgan fingerprint density at radius 2 is 1.74 bits per heavy atom. The molecule has 1 saturated heterocycles. The van der Waals surface area contributed by atoms with E-state index in [1.54, 1.807) is 4.90 Å². The minimum Gasteiger partial charge on any atom is -0.339 e. The lowest BCUT2D eigenvalue weighted by molar-refractivity contribution is -0.132. The third-order valence-electron chi connectivity index (χ3n) is 4.35. The highest BCUT2D eigenvalue weighted by Crippen LogP contribution is 2.14. The maximum Gasteiger partial charge on any atom is 0.317 e. The molecule has 0 saturated carbocycles. The van der Waals surface area contributed by atoms with Crippen molar-refractivity contribution >= 4 is 11.9 Å². The lowest BCUT2D eigenvalue weighted by atomic mass is 10.0. The molecule has 0 aromatic heterocycles. The number of nitrogens with one attached hydrogen (secondary N) is 1. The molecule has 1 heterocycles. The smallest absolute Gasteiger partial charge is 0.317 e. The van der Waals surface area contributed by atoms with Crippen LogP contribution in [0.4, 0.5) is 4.79 Å². The molecule has 2 rings (SSSR count). The van der Waals surface area contributed by atoms with E-state index >= 15 is 0 Å². The van der Waals surface area contributed by atoms with Gasteiger partial charge in [0.25, 0.3) is 0 Å². The van der Waals surface area contributed by atoms with Crippen LogP contribution in [-0.4, -0.2) is 54.5 Å². The average molecular weight is 317 g/mol. The van der Waals surface area contributed by atoms with Gasteiger partial charge in [-0.25, -0.2) is 4.79 Å². The van der Waals surface area contributed by atoms with Gasteiger partial charge in [-0.2, -0.15) is 0 Å². The summed E-state index contributed by atoms with van der Waals surface area (Å²) in [7, 11) is 0. The van der Waals surface area contributed by atoms with Gasteiger partial charge in [-0.05, 0) is 38.3 Å². The van der Waals surface area contributed by atoms with Crippen molar-refractivity contribution in [1.29, 1.82) is 0 Å². The summed E-state index contributed by atoms with van der Waals surface area (Å²) in [4.78, 5) is 27.8. The Kier molecular flexibility index (Phi) is 6.02. The molecular weight excluding hydrogens is 290 g/mol. The maximum absolute atomic E-state index is 12.4. The summed E-state index contributed by atoms with van der Waals surface area (Å²) < 4.78 is 0. The lowest BCUT2D eigenvalue weighted by Gasteiger charge is -2.34. The summed E-state index contributed by atoms with van der Waals surface area (Å²) in [5.41, 5.74) is 3.74. The van der Waals surface area contributed by atoms with Crippen molar-refractivity contribution in [3.8, 4) is 0 Å². The number of carbonyl (C=O) groups excluding carboxylic acids is 2. The first kappa shape index (κ1) is 17.3. The zero-order valence-electron chi connectivity index (χ0n) is 14.4. The van der Waals surface area contributed by atoms with E-state index in [1.165, 1.54) is 16.7 Å². The van der Waals surface area contributed by atoms with Crippen molar-refractivity contribution < 1.29 is 9.59 Å². The molecule has 0 atom stereocenters. The van der Waals surface area contributed by atoms with E-state index in [9.17, 15) is 9.59 Å². The molecule has 0 unspecified atom stereocenters. The fourth-order valence-corrected chi connectivity index (χ4v) is 2.95. The van der Waals surface area contributed by atoms with Crippen molar-refractivity contribution in [1.82, 2.24) is 15.1 Å². The third kappa shape index (κ3) is 4.71. The number of urea groups is 1. The fourth-order valence-electron chi connectivity index (χ4n) is 2.95. The monoisotopic (exact) mass is 317 g/mol. The Hall–Kier alpha value is -2.04. The van der Waals surface area contributed by atoms with Crippen molar-refractivity contribution in [3.63, 3.8) is 0 Å². The molecule has 0 aliphatic carbocycles. The minimum absolute atomic E-state index is 0.0325. The molecule has 23 heavy (non-hydrogen) atoms. The Bertz CT molecular complexity index is 563. The molecule has 1 aliphatic heterocycles. The summed E-state index contributed by atoms with van der Waals surface area (Å²) >= 11 is 0. The Labute approximate surface area is 138 Å². The molecule has 5 nitrogen and oxygen atoms in total. The van der Waals surface area contributed by atoms with Gasteiger partial charge in [-0.1, -0.05) is 23.8 Å². The summed E-state index contributed by atoms with van der Waals surface area (Å²) in [6, 6.07) is 6.34. The minimum atomic E-state index is -0.0325. The van der Waals surface area contributed by atoms with E-state index in [0.29, 0.717) is 39.1 Å². The first-order valence-electron chi connectivity index (χ1n) is 8.38. The van der Waals surface area contributed by atoms with Crippen LogP contribution in [0.2, 0.25) is 0 Å². The standard InChI is InChI=1S/C18H27N3O2/c1-4-19-18(23)21-11-9-20(10-12-21)17(22)8-7-16-6-5-14(2)13-15(16)3/h5-6,13H,4,7-12H2,1-3H3,(H,19,23). The molecule has 5 heteroatoms. The predicted molar refractivity (Wildman–Crippen MR) is 91.5 cm³/mol. The number of aryl methyl sites for hydroxylation is 3. The first-order chi connectivity index (χ1) is 11.0. The van der Waals surface area contributed by atoms with Crippen LogP contribution in [0.3, 0.4) is 0 Å². The van der Waals surface area contributed by atoms with Gasteiger partial charge in [-0.15, -0.1) is 0 Å².